The van der Waals surface area contributed by atoms with Crippen molar-refractivity contribution in [2.75, 3.05) is 33.4 Å². The van der Waals surface area contributed by atoms with Gasteiger partial charge in [0.05, 0.1) is 13.7 Å². The fourth-order valence-electron chi connectivity index (χ4n) is 4.63. The molecule has 1 N–H and O–H groups in total. The van der Waals surface area contributed by atoms with E-state index in [2.05, 4.69) is 4.90 Å². The third-order valence-corrected chi connectivity index (χ3v) is 6.58. The molecule has 0 aliphatic carbocycles. The van der Waals surface area contributed by atoms with Crippen LogP contribution in [0, 0.1) is 11.6 Å². The molecule has 38 heavy (non-hydrogen) atoms. The Morgan fingerprint density at radius 1 is 0.842 bits per heavy atom. The quantitative estimate of drug-likeness (QED) is 0.212. The minimum absolute atomic E-state index is 0.0273. The summed E-state index contributed by atoms with van der Waals surface area (Å²) in [5.41, 5.74) is 4.15. The number of aliphatic carboxylic acids is 1. The fourth-order valence-corrected chi connectivity index (χ4v) is 4.63. The standard InChI is InChI=1S/C30H29F2NO5/c1-37-27-19-23(29(34)30(35)36)7-12-26(27)38-18-2-15-33-16-13-22(14-17-33)28(20-3-8-24(31)9-4-20)21-5-10-25(32)11-6-21/h3-12,19H,2,13-18H2,1H3,(H,35,36). The lowest BCUT2D eigenvalue weighted by molar-refractivity contribution is -0.131. The molecule has 1 aliphatic rings. The molecule has 0 unspecified atom stereocenters. The highest BCUT2D eigenvalue weighted by molar-refractivity contribution is 6.39. The first-order valence-corrected chi connectivity index (χ1v) is 12.4. The molecule has 6 nitrogen and oxygen atoms in total. The highest BCUT2D eigenvalue weighted by Gasteiger charge is 2.20. The minimum atomic E-state index is -1.53. The number of carbonyl (C=O) groups excluding carboxylic acids is 1. The Kier molecular flexibility index (Phi) is 8.86. The van der Waals surface area contributed by atoms with E-state index < -0.39 is 11.8 Å². The van der Waals surface area contributed by atoms with Crippen LogP contribution in [-0.2, 0) is 4.79 Å². The number of carboxylic acids is 1. The van der Waals surface area contributed by atoms with Crippen LogP contribution < -0.4 is 9.47 Å². The number of ketones is 1. The Labute approximate surface area is 220 Å². The van der Waals surface area contributed by atoms with Crippen LogP contribution in [0.4, 0.5) is 8.78 Å². The van der Waals surface area contributed by atoms with Crippen LogP contribution in [0.3, 0.4) is 0 Å². The van der Waals surface area contributed by atoms with Gasteiger partial charge in [0.15, 0.2) is 11.5 Å². The second-order valence-corrected chi connectivity index (χ2v) is 9.04. The number of nitrogens with zero attached hydrogens (tertiary/aromatic N) is 1. The van der Waals surface area contributed by atoms with Crippen molar-refractivity contribution in [2.45, 2.75) is 19.3 Å². The van der Waals surface area contributed by atoms with Crippen molar-refractivity contribution >= 4 is 17.3 Å². The largest absolute Gasteiger partial charge is 0.493 e. The smallest absolute Gasteiger partial charge is 0.377 e. The third-order valence-electron chi connectivity index (χ3n) is 6.58. The van der Waals surface area contributed by atoms with E-state index in [-0.39, 0.29) is 17.2 Å². The number of hydrogen-bond donors (Lipinski definition) is 1. The Morgan fingerprint density at radius 3 is 1.92 bits per heavy atom. The van der Waals surface area contributed by atoms with Gasteiger partial charge in [-0.15, -0.1) is 0 Å². The normalized spacial score (nSPS) is 13.7. The fraction of sp³-hybridized carbons (Fsp3) is 0.267. The van der Waals surface area contributed by atoms with Crippen molar-refractivity contribution in [3.05, 3.63) is 101 Å². The molecule has 0 radical (unpaired) electrons. The van der Waals surface area contributed by atoms with Gasteiger partial charge >= 0.3 is 5.97 Å². The van der Waals surface area contributed by atoms with Gasteiger partial charge in [0.2, 0.25) is 0 Å². The summed E-state index contributed by atoms with van der Waals surface area (Å²) in [6, 6.07) is 17.2. The predicted molar refractivity (Wildman–Crippen MR) is 140 cm³/mol. The number of Topliss-reactive ketones (excluding diaryl/α,β-unsaturated/α-hetero) is 1. The van der Waals surface area contributed by atoms with Crippen molar-refractivity contribution in [3.63, 3.8) is 0 Å². The lowest BCUT2D eigenvalue weighted by Crippen LogP contribution is -2.32. The van der Waals surface area contributed by atoms with Gasteiger partial charge in [-0.05, 0) is 78.4 Å². The second kappa shape index (κ2) is 12.5. The third kappa shape index (κ3) is 6.63. The number of ether oxygens (including phenoxy) is 2. The average Bonchev–Trinajstić information content (AvgIpc) is 2.93. The number of likely N-dealkylation sites (tertiary alicyclic amines) is 1. The first-order chi connectivity index (χ1) is 18.4. The lowest BCUT2D eigenvalue weighted by Gasteiger charge is -2.30. The molecular weight excluding hydrogens is 492 g/mol. The maximum absolute atomic E-state index is 13.6. The summed E-state index contributed by atoms with van der Waals surface area (Å²) >= 11 is 0. The second-order valence-electron chi connectivity index (χ2n) is 9.04. The van der Waals surface area contributed by atoms with E-state index in [1.54, 1.807) is 30.3 Å². The predicted octanol–water partition coefficient (Wildman–Crippen LogP) is 5.61. The maximum atomic E-state index is 13.6. The van der Waals surface area contributed by atoms with E-state index in [4.69, 9.17) is 14.6 Å². The van der Waals surface area contributed by atoms with Crippen LogP contribution in [0.15, 0.2) is 72.3 Å². The molecular formula is C30H29F2NO5. The molecule has 1 saturated heterocycles. The lowest BCUT2D eigenvalue weighted by atomic mass is 9.88. The molecule has 198 valence electrons. The number of carbonyl (C=O) groups is 2. The first kappa shape index (κ1) is 27.0. The number of halogens is 2. The first-order valence-electron chi connectivity index (χ1n) is 12.4. The SMILES string of the molecule is COc1cc(C(=O)C(=O)O)ccc1OCCCN1CCC(=C(c2ccc(F)cc2)c2ccc(F)cc2)CC1. The summed E-state index contributed by atoms with van der Waals surface area (Å²) < 4.78 is 38.2. The van der Waals surface area contributed by atoms with Crippen LogP contribution in [0.1, 0.15) is 40.7 Å². The summed E-state index contributed by atoms with van der Waals surface area (Å²) in [5, 5.41) is 8.89. The number of hydrogen-bond acceptors (Lipinski definition) is 5. The van der Waals surface area contributed by atoms with Gasteiger partial charge in [0.1, 0.15) is 11.6 Å². The van der Waals surface area contributed by atoms with Gasteiger partial charge in [-0.3, -0.25) is 4.79 Å². The number of rotatable bonds is 10. The molecule has 0 spiro atoms. The summed E-state index contributed by atoms with van der Waals surface area (Å²) in [6.07, 6.45) is 2.45. The number of methoxy groups -OCH3 is 1. The van der Waals surface area contributed by atoms with Crippen LogP contribution in [0.2, 0.25) is 0 Å². The zero-order valence-corrected chi connectivity index (χ0v) is 21.1. The van der Waals surface area contributed by atoms with Gasteiger partial charge < -0.3 is 19.5 Å². The van der Waals surface area contributed by atoms with E-state index >= 15 is 0 Å². The molecule has 8 heteroatoms. The monoisotopic (exact) mass is 521 g/mol. The van der Waals surface area contributed by atoms with Crippen LogP contribution in [0.25, 0.3) is 5.57 Å². The van der Waals surface area contributed by atoms with Gasteiger partial charge in [0.25, 0.3) is 5.78 Å². The number of carboxylic acid groups (broad SMARTS) is 1. The molecule has 0 saturated carbocycles. The Hall–Kier alpha value is -4.04. The minimum Gasteiger partial charge on any atom is -0.493 e. The van der Waals surface area contributed by atoms with Crippen LogP contribution in [-0.4, -0.2) is 55.1 Å². The number of benzene rings is 3. The van der Waals surface area contributed by atoms with Crippen molar-refractivity contribution < 1.29 is 33.0 Å². The summed E-state index contributed by atoms with van der Waals surface area (Å²) in [7, 11) is 1.43. The van der Waals surface area contributed by atoms with E-state index in [0.29, 0.717) is 18.1 Å². The van der Waals surface area contributed by atoms with E-state index in [9.17, 15) is 18.4 Å². The average molecular weight is 522 g/mol. The molecule has 3 aromatic rings. The van der Waals surface area contributed by atoms with Gasteiger partial charge in [-0.25, -0.2) is 13.6 Å². The van der Waals surface area contributed by atoms with Gasteiger partial charge in [0, 0.05) is 25.2 Å². The molecule has 0 amide bonds. The molecule has 0 bridgehead atoms. The summed E-state index contributed by atoms with van der Waals surface area (Å²) in [4.78, 5) is 24.9. The molecule has 1 aliphatic heterocycles. The Balaban J connectivity index is 1.35. The zero-order valence-electron chi connectivity index (χ0n) is 21.1. The molecule has 0 aromatic heterocycles. The van der Waals surface area contributed by atoms with Crippen molar-refractivity contribution in [2.24, 2.45) is 0 Å². The summed E-state index contributed by atoms with van der Waals surface area (Å²) in [5.74, 6) is -2.37. The van der Waals surface area contributed by atoms with E-state index in [1.165, 1.54) is 49.1 Å². The topological polar surface area (TPSA) is 76.1 Å². The maximum Gasteiger partial charge on any atom is 0.377 e. The van der Waals surface area contributed by atoms with E-state index in [0.717, 1.165) is 55.6 Å². The van der Waals surface area contributed by atoms with Gasteiger partial charge in [-0.2, -0.15) is 0 Å². The molecule has 3 aromatic carbocycles. The Bertz CT molecular complexity index is 1260. The van der Waals surface area contributed by atoms with Crippen LogP contribution in [0.5, 0.6) is 11.5 Å². The molecule has 1 heterocycles. The van der Waals surface area contributed by atoms with Crippen molar-refractivity contribution in [1.82, 2.24) is 4.90 Å². The van der Waals surface area contributed by atoms with Crippen molar-refractivity contribution in [3.8, 4) is 11.5 Å². The number of piperidine rings is 1. The molecule has 0 atom stereocenters. The highest BCUT2D eigenvalue weighted by Crippen LogP contribution is 2.33. The van der Waals surface area contributed by atoms with Gasteiger partial charge in [-0.1, -0.05) is 29.8 Å². The Morgan fingerprint density at radius 2 is 1.39 bits per heavy atom. The summed E-state index contributed by atoms with van der Waals surface area (Å²) in [6.45, 7) is 2.97. The van der Waals surface area contributed by atoms with Crippen LogP contribution >= 0.6 is 0 Å². The molecule has 4 rings (SSSR count). The van der Waals surface area contributed by atoms with E-state index in [1.807, 2.05) is 0 Å². The molecule has 1 fully saturated rings. The zero-order chi connectivity index (χ0) is 27.1. The highest BCUT2D eigenvalue weighted by atomic mass is 19.1. The van der Waals surface area contributed by atoms with Crippen molar-refractivity contribution in [1.29, 1.82) is 0 Å².